The van der Waals surface area contributed by atoms with Gasteiger partial charge >= 0.3 is 5.97 Å². The lowest BCUT2D eigenvalue weighted by Crippen LogP contribution is -2.48. The number of nitrogens with one attached hydrogen (secondary N) is 1. The quantitative estimate of drug-likeness (QED) is 0.838. The van der Waals surface area contributed by atoms with Crippen molar-refractivity contribution in [3.63, 3.8) is 0 Å². The molecule has 1 aromatic rings. The number of methoxy groups -OCH3 is 1. The molecule has 0 bridgehead atoms. The highest BCUT2D eigenvalue weighted by Crippen LogP contribution is 2.27. The van der Waals surface area contributed by atoms with Gasteiger partial charge in [-0.15, -0.1) is 0 Å². The fourth-order valence-electron chi connectivity index (χ4n) is 2.49. The molecule has 5 nitrogen and oxygen atoms in total. The number of carboxylic acid groups (broad SMARTS) is 1. The molecule has 0 radical (unpaired) electrons. The third kappa shape index (κ3) is 3.97. The lowest BCUT2D eigenvalue weighted by Gasteiger charge is -2.33. The van der Waals surface area contributed by atoms with E-state index in [1.165, 1.54) is 0 Å². The molecule has 0 spiro atoms. The summed E-state index contributed by atoms with van der Waals surface area (Å²) in [6.07, 6.45) is 1.73. The van der Waals surface area contributed by atoms with Gasteiger partial charge in [-0.25, -0.2) is 0 Å². The predicted octanol–water partition coefficient (Wildman–Crippen LogP) is 1.85. The second kappa shape index (κ2) is 6.61. The van der Waals surface area contributed by atoms with Gasteiger partial charge in [-0.2, -0.15) is 0 Å². The summed E-state index contributed by atoms with van der Waals surface area (Å²) >= 11 is 0. The maximum absolute atomic E-state index is 12.1. The van der Waals surface area contributed by atoms with E-state index in [0.717, 1.165) is 11.3 Å². The topological polar surface area (TPSA) is 75.6 Å². The van der Waals surface area contributed by atoms with Gasteiger partial charge in [0.1, 0.15) is 5.75 Å². The SMILES string of the molecule is COc1ccc(CC(C)C(=O)NC2CC(C(=O)O)C2)cc1. The highest BCUT2D eigenvalue weighted by Gasteiger charge is 2.35. The van der Waals surface area contributed by atoms with Gasteiger partial charge < -0.3 is 15.2 Å². The average molecular weight is 291 g/mol. The minimum atomic E-state index is -0.771. The van der Waals surface area contributed by atoms with Crippen LogP contribution in [0.2, 0.25) is 0 Å². The van der Waals surface area contributed by atoms with Gasteiger partial charge in [-0.3, -0.25) is 9.59 Å². The number of ether oxygens (including phenoxy) is 1. The van der Waals surface area contributed by atoms with E-state index in [1.54, 1.807) is 7.11 Å². The smallest absolute Gasteiger partial charge is 0.306 e. The Bertz CT molecular complexity index is 506. The van der Waals surface area contributed by atoms with E-state index >= 15 is 0 Å². The number of benzene rings is 1. The lowest BCUT2D eigenvalue weighted by atomic mass is 9.80. The number of aliphatic carboxylic acids is 1. The summed E-state index contributed by atoms with van der Waals surface area (Å²) in [6, 6.07) is 7.67. The van der Waals surface area contributed by atoms with E-state index < -0.39 is 5.97 Å². The van der Waals surface area contributed by atoms with E-state index in [1.807, 2.05) is 31.2 Å². The predicted molar refractivity (Wildman–Crippen MR) is 78.2 cm³/mol. The van der Waals surface area contributed by atoms with Gasteiger partial charge in [-0.1, -0.05) is 19.1 Å². The molecule has 0 aliphatic heterocycles. The third-order valence-corrected chi connectivity index (χ3v) is 3.98. The molecule has 1 aliphatic carbocycles. The Kier molecular flexibility index (Phi) is 4.83. The summed E-state index contributed by atoms with van der Waals surface area (Å²) in [5.41, 5.74) is 1.08. The first kappa shape index (κ1) is 15.4. The number of carbonyl (C=O) groups is 2. The molecule has 1 atom stereocenters. The largest absolute Gasteiger partial charge is 0.497 e. The summed E-state index contributed by atoms with van der Waals surface area (Å²) < 4.78 is 5.10. The second-order valence-electron chi connectivity index (χ2n) is 5.67. The van der Waals surface area contributed by atoms with Gasteiger partial charge in [0.25, 0.3) is 0 Å². The maximum atomic E-state index is 12.1. The van der Waals surface area contributed by atoms with Crippen molar-refractivity contribution in [1.29, 1.82) is 0 Å². The Morgan fingerprint density at radius 2 is 1.95 bits per heavy atom. The van der Waals surface area contributed by atoms with Crippen molar-refractivity contribution < 1.29 is 19.4 Å². The van der Waals surface area contributed by atoms with Crippen molar-refractivity contribution in [2.75, 3.05) is 7.11 Å². The summed E-state index contributed by atoms with van der Waals surface area (Å²) in [4.78, 5) is 22.8. The van der Waals surface area contributed by atoms with Crippen molar-refractivity contribution in [1.82, 2.24) is 5.32 Å². The van der Waals surface area contributed by atoms with Crippen LogP contribution in [0.1, 0.15) is 25.3 Å². The normalized spacial score (nSPS) is 22.0. The molecule has 1 aliphatic rings. The van der Waals surface area contributed by atoms with Crippen LogP contribution in [0.3, 0.4) is 0 Å². The standard InChI is InChI=1S/C16H21NO4/c1-10(7-11-3-5-14(21-2)6-4-11)15(18)17-13-8-12(9-13)16(19)20/h3-6,10,12-13H,7-9H2,1-2H3,(H,17,18)(H,19,20). The van der Waals surface area contributed by atoms with E-state index in [4.69, 9.17) is 9.84 Å². The zero-order valence-corrected chi connectivity index (χ0v) is 12.3. The maximum Gasteiger partial charge on any atom is 0.306 e. The van der Waals surface area contributed by atoms with Gasteiger partial charge in [0.15, 0.2) is 0 Å². The molecule has 2 rings (SSSR count). The Morgan fingerprint density at radius 1 is 1.33 bits per heavy atom. The molecule has 1 fully saturated rings. The average Bonchev–Trinajstić information content (AvgIpc) is 2.42. The van der Waals surface area contributed by atoms with Crippen LogP contribution in [-0.4, -0.2) is 30.1 Å². The van der Waals surface area contributed by atoms with Crippen molar-refractivity contribution in [3.05, 3.63) is 29.8 Å². The van der Waals surface area contributed by atoms with E-state index in [-0.39, 0.29) is 23.8 Å². The number of hydrogen-bond acceptors (Lipinski definition) is 3. The summed E-state index contributed by atoms with van der Waals surface area (Å²) in [6.45, 7) is 1.88. The van der Waals surface area contributed by atoms with Crippen molar-refractivity contribution >= 4 is 11.9 Å². The first-order valence-electron chi connectivity index (χ1n) is 7.15. The van der Waals surface area contributed by atoms with Crippen LogP contribution >= 0.6 is 0 Å². The molecule has 1 saturated carbocycles. The van der Waals surface area contributed by atoms with Gasteiger partial charge in [0.2, 0.25) is 5.91 Å². The van der Waals surface area contributed by atoms with Gasteiger partial charge in [0, 0.05) is 12.0 Å². The van der Waals surface area contributed by atoms with Crippen molar-refractivity contribution in [3.8, 4) is 5.75 Å². The number of amides is 1. The van der Waals surface area contributed by atoms with Crippen LogP contribution in [0.5, 0.6) is 5.75 Å². The summed E-state index contributed by atoms with van der Waals surface area (Å²) in [5.74, 6) is -0.425. The number of carbonyl (C=O) groups excluding carboxylic acids is 1. The minimum absolute atomic E-state index is 0.0110. The van der Waals surface area contributed by atoms with Crippen LogP contribution in [0, 0.1) is 11.8 Å². The van der Waals surface area contributed by atoms with Crippen LogP contribution in [0.4, 0.5) is 0 Å². The van der Waals surface area contributed by atoms with Crippen LogP contribution in [-0.2, 0) is 16.0 Å². The van der Waals surface area contributed by atoms with Crippen LogP contribution < -0.4 is 10.1 Å². The number of rotatable bonds is 6. The zero-order valence-electron chi connectivity index (χ0n) is 12.3. The highest BCUT2D eigenvalue weighted by molar-refractivity contribution is 5.79. The second-order valence-corrected chi connectivity index (χ2v) is 5.67. The minimum Gasteiger partial charge on any atom is -0.497 e. The van der Waals surface area contributed by atoms with E-state index in [0.29, 0.717) is 19.3 Å². The molecule has 1 unspecified atom stereocenters. The molecule has 0 heterocycles. The highest BCUT2D eigenvalue weighted by atomic mass is 16.5. The van der Waals surface area contributed by atoms with Gasteiger partial charge in [0.05, 0.1) is 13.0 Å². The zero-order chi connectivity index (χ0) is 15.4. The Hall–Kier alpha value is -2.04. The molecule has 21 heavy (non-hydrogen) atoms. The molecular weight excluding hydrogens is 270 g/mol. The summed E-state index contributed by atoms with van der Waals surface area (Å²) in [7, 11) is 1.62. The molecule has 1 aromatic carbocycles. The monoisotopic (exact) mass is 291 g/mol. The Labute approximate surface area is 124 Å². The summed E-state index contributed by atoms with van der Waals surface area (Å²) in [5, 5.41) is 11.7. The fourth-order valence-corrected chi connectivity index (χ4v) is 2.49. The number of carboxylic acids is 1. The first-order chi connectivity index (χ1) is 9.99. The fraction of sp³-hybridized carbons (Fsp3) is 0.500. The Morgan fingerprint density at radius 3 is 2.48 bits per heavy atom. The molecular formula is C16H21NO4. The molecule has 5 heteroatoms. The Balaban J connectivity index is 1.78. The molecule has 1 amide bonds. The molecule has 0 saturated heterocycles. The van der Waals surface area contributed by atoms with Crippen LogP contribution in [0.25, 0.3) is 0 Å². The number of hydrogen-bond donors (Lipinski definition) is 2. The first-order valence-corrected chi connectivity index (χ1v) is 7.15. The van der Waals surface area contributed by atoms with Gasteiger partial charge in [-0.05, 0) is 37.0 Å². The van der Waals surface area contributed by atoms with Crippen molar-refractivity contribution in [2.45, 2.75) is 32.2 Å². The van der Waals surface area contributed by atoms with E-state index in [9.17, 15) is 9.59 Å². The van der Waals surface area contributed by atoms with E-state index in [2.05, 4.69) is 5.32 Å². The van der Waals surface area contributed by atoms with Crippen molar-refractivity contribution in [2.24, 2.45) is 11.8 Å². The lowest BCUT2D eigenvalue weighted by molar-refractivity contribution is -0.146. The molecule has 0 aromatic heterocycles. The molecule has 2 N–H and O–H groups in total. The third-order valence-electron chi connectivity index (χ3n) is 3.98. The van der Waals surface area contributed by atoms with Crippen LogP contribution in [0.15, 0.2) is 24.3 Å². The molecule has 114 valence electrons.